The predicted molar refractivity (Wildman–Crippen MR) is 48.5 cm³/mol. The summed E-state index contributed by atoms with van der Waals surface area (Å²) in [5, 5.41) is 2.80. The van der Waals surface area contributed by atoms with E-state index in [0.29, 0.717) is 5.92 Å². The normalized spacial score (nSPS) is 28.2. The van der Waals surface area contributed by atoms with Gasteiger partial charge in [0.15, 0.2) is 0 Å². The van der Waals surface area contributed by atoms with Crippen LogP contribution in [0.1, 0.15) is 12.8 Å². The van der Waals surface area contributed by atoms with Gasteiger partial charge >= 0.3 is 6.03 Å². The van der Waals surface area contributed by atoms with Crippen molar-refractivity contribution in [3.63, 3.8) is 0 Å². The average Bonchev–Trinajstić information content (AvgIpc) is 2.72. The summed E-state index contributed by atoms with van der Waals surface area (Å²) < 4.78 is 5.28. The first-order valence-electron chi connectivity index (χ1n) is 4.97. The monoisotopic (exact) mass is 184 g/mol. The van der Waals surface area contributed by atoms with Crippen LogP contribution in [0.4, 0.5) is 4.79 Å². The number of carbonyl (C=O) groups is 1. The molecule has 0 aromatic heterocycles. The molecule has 13 heavy (non-hydrogen) atoms. The second kappa shape index (κ2) is 3.96. The molecule has 2 amide bonds. The summed E-state index contributed by atoms with van der Waals surface area (Å²) in [7, 11) is 0. The van der Waals surface area contributed by atoms with Crippen molar-refractivity contribution in [2.45, 2.75) is 12.8 Å². The summed E-state index contributed by atoms with van der Waals surface area (Å²) in [6, 6.07) is 0.0962. The quantitative estimate of drug-likeness (QED) is 0.691. The lowest BCUT2D eigenvalue weighted by atomic mass is 10.1. The van der Waals surface area contributed by atoms with Crippen molar-refractivity contribution in [3.8, 4) is 0 Å². The van der Waals surface area contributed by atoms with Crippen LogP contribution in [0.2, 0.25) is 0 Å². The summed E-state index contributed by atoms with van der Waals surface area (Å²) in [6.07, 6.45) is 2.25. The molecule has 2 fully saturated rings. The van der Waals surface area contributed by atoms with Gasteiger partial charge in [0.05, 0.1) is 0 Å². The molecule has 2 heterocycles. The van der Waals surface area contributed by atoms with Crippen LogP contribution in [0, 0.1) is 5.92 Å². The van der Waals surface area contributed by atoms with Crippen molar-refractivity contribution in [2.75, 3.05) is 32.8 Å². The zero-order valence-corrected chi connectivity index (χ0v) is 7.79. The molecular weight excluding hydrogens is 168 g/mol. The molecule has 0 aromatic rings. The minimum absolute atomic E-state index is 0.0962. The Morgan fingerprint density at radius 2 is 2.54 bits per heavy atom. The first-order valence-corrected chi connectivity index (χ1v) is 4.97. The van der Waals surface area contributed by atoms with Crippen LogP contribution in [0.25, 0.3) is 0 Å². The standard InChI is InChI=1S/C9H16N2O2/c12-9-10-3-5-11(9)4-1-8-2-6-13-7-8/h8H,1-7H2,(H,10,12). The lowest BCUT2D eigenvalue weighted by Gasteiger charge is -2.15. The summed E-state index contributed by atoms with van der Waals surface area (Å²) in [4.78, 5) is 13.0. The summed E-state index contributed by atoms with van der Waals surface area (Å²) in [5.74, 6) is 0.674. The molecule has 0 radical (unpaired) electrons. The smallest absolute Gasteiger partial charge is 0.317 e. The summed E-state index contributed by atoms with van der Waals surface area (Å²) in [5.41, 5.74) is 0. The number of hydrogen-bond acceptors (Lipinski definition) is 2. The molecule has 2 saturated heterocycles. The molecule has 4 heteroatoms. The van der Waals surface area contributed by atoms with Crippen molar-refractivity contribution < 1.29 is 9.53 Å². The number of nitrogens with zero attached hydrogens (tertiary/aromatic N) is 1. The van der Waals surface area contributed by atoms with E-state index < -0.39 is 0 Å². The zero-order valence-electron chi connectivity index (χ0n) is 7.79. The van der Waals surface area contributed by atoms with Crippen LogP contribution < -0.4 is 5.32 Å². The van der Waals surface area contributed by atoms with Crippen LogP contribution in [0.5, 0.6) is 0 Å². The van der Waals surface area contributed by atoms with Gasteiger partial charge in [0.2, 0.25) is 0 Å². The third-order valence-electron chi connectivity index (χ3n) is 2.78. The number of ether oxygens (including phenoxy) is 1. The third kappa shape index (κ3) is 2.12. The number of hydrogen-bond donors (Lipinski definition) is 1. The maximum absolute atomic E-state index is 11.2. The van der Waals surface area contributed by atoms with Gasteiger partial charge in [-0.25, -0.2) is 4.79 Å². The van der Waals surface area contributed by atoms with E-state index in [0.717, 1.165) is 45.7 Å². The maximum Gasteiger partial charge on any atom is 0.317 e. The van der Waals surface area contributed by atoms with E-state index in [9.17, 15) is 4.79 Å². The van der Waals surface area contributed by atoms with Gasteiger partial charge in [-0.05, 0) is 18.8 Å². The Bertz CT molecular complexity index is 190. The van der Waals surface area contributed by atoms with E-state index in [4.69, 9.17) is 4.74 Å². The average molecular weight is 184 g/mol. The molecule has 0 aliphatic carbocycles. The molecule has 0 bridgehead atoms. The van der Waals surface area contributed by atoms with Gasteiger partial charge in [0.1, 0.15) is 0 Å². The fraction of sp³-hybridized carbons (Fsp3) is 0.889. The van der Waals surface area contributed by atoms with Crippen molar-refractivity contribution in [3.05, 3.63) is 0 Å². The van der Waals surface area contributed by atoms with Gasteiger partial charge in [-0.15, -0.1) is 0 Å². The van der Waals surface area contributed by atoms with Gasteiger partial charge in [0, 0.05) is 32.8 Å². The molecule has 0 aromatic carbocycles. The largest absolute Gasteiger partial charge is 0.381 e. The minimum atomic E-state index is 0.0962. The predicted octanol–water partition coefficient (Wildman–Crippen LogP) is 0.438. The molecule has 0 saturated carbocycles. The molecule has 2 aliphatic rings. The molecule has 1 N–H and O–H groups in total. The van der Waals surface area contributed by atoms with Gasteiger partial charge in [-0.1, -0.05) is 0 Å². The van der Waals surface area contributed by atoms with Gasteiger partial charge in [-0.2, -0.15) is 0 Å². The molecule has 2 aliphatic heterocycles. The summed E-state index contributed by atoms with van der Waals surface area (Å²) in [6.45, 7) is 4.35. The van der Waals surface area contributed by atoms with Gasteiger partial charge in [-0.3, -0.25) is 0 Å². The first-order chi connectivity index (χ1) is 6.36. The lowest BCUT2D eigenvalue weighted by molar-refractivity contribution is 0.179. The van der Waals surface area contributed by atoms with Crippen LogP contribution >= 0.6 is 0 Å². The fourth-order valence-corrected chi connectivity index (χ4v) is 1.87. The van der Waals surface area contributed by atoms with Crippen LogP contribution in [0.3, 0.4) is 0 Å². The highest BCUT2D eigenvalue weighted by Crippen LogP contribution is 2.16. The SMILES string of the molecule is O=C1NCCN1CCC1CCOC1. The Kier molecular flexibility index (Phi) is 2.68. The molecule has 2 rings (SSSR count). The van der Waals surface area contributed by atoms with Crippen molar-refractivity contribution in [2.24, 2.45) is 5.92 Å². The second-order valence-electron chi connectivity index (χ2n) is 3.74. The number of urea groups is 1. The lowest BCUT2D eigenvalue weighted by Crippen LogP contribution is -2.30. The first kappa shape index (κ1) is 8.81. The van der Waals surface area contributed by atoms with Gasteiger partial charge in [0.25, 0.3) is 0 Å². The van der Waals surface area contributed by atoms with E-state index in [1.54, 1.807) is 0 Å². The molecule has 4 nitrogen and oxygen atoms in total. The van der Waals surface area contributed by atoms with Crippen molar-refractivity contribution in [1.82, 2.24) is 10.2 Å². The molecule has 1 unspecified atom stereocenters. The van der Waals surface area contributed by atoms with Crippen molar-refractivity contribution >= 4 is 6.03 Å². The fourth-order valence-electron chi connectivity index (χ4n) is 1.87. The van der Waals surface area contributed by atoms with E-state index >= 15 is 0 Å². The number of amides is 2. The number of carbonyl (C=O) groups excluding carboxylic acids is 1. The Balaban J connectivity index is 1.69. The van der Waals surface area contributed by atoms with Crippen LogP contribution in [-0.2, 0) is 4.74 Å². The van der Waals surface area contributed by atoms with E-state index in [-0.39, 0.29) is 6.03 Å². The molecular formula is C9H16N2O2. The molecule has 0 spiro atoms. The highest BCUT2D eigenvalue weighted by Gasteiger charge is 2.22. The maximum atomic E-state index is 11.2. The number of rotatable bonds is 3. The Hall–Kier alpha value is -0.770. The highest BCUT2D eigenvalue weighted by atomic mass is 16.5. The van der Waals surface area contributed by atoms with E-state index in [1.165, 1.54) is 0 Å². The molecule has 1 atom stereocenters. The molecule has 74 valence electrons. The van der Waals surface area contributed by atoms with Gasteiger partial charge < -0.3 is 15.0 Å². The van der Waals surface area contributed by atoms with Crippen LogP contribution in [-0.4, -0.2) is 43.8 Å². The van der Waals surface area contributed by atoms with Crippen molar-refractivity contribution in [1.29, 1.82) is 0 Å². The Morgan fingerprint density at radius 3 is 3.15 bits per heavy atom. The number of nitrogens with one attached hydrogen (secondary N) is 1. The van der Waals surface area contributed by atoms with E-state index in [2.05, 4.69) is 5.32 Å². The Morgan fingerprint density at radius 1 is 1.62 bits per heavy atom. The second-order valence-corrected chi connectivity index (χ2v) is 3.74. The zero-order chi connectivity index (χ0) is 9.10. The summed E-state index contributed by atoms with van der Waals surface area (Å²) >= 11 is 0. The topological polar surface area (TPSA) is 41.6 Å². The highest BCUT2D eigenvalue weighted by molar-refractivity contribution is 5.76. The van der Waals surface area contributed by atoms with E-state index in [1.807, 2.05) is 4.90 Å². The van der Waals surface area contributed by atoms with Crippen LogP contribution in [0.15, 0.2) is 0 Å². The third-order valence-corrected chi connectivity index (χ3v) is 2.78. The Labute approximate surface area is 78.2 Å². The minimum Gasteiger partial charge on any atom is -0.381 e.